The van der Waals surface area contributed by atoms with E-state index in [0.717, 1.165) is 12.0 Å². The number of benzene rings is 1. The monoisotopic (exact) mass is 798 g/mol. The van der Waals surface area contributed by atoms with Gasteiger partial charge in [0.2, 0.25) is 23.6 Å². The predicted octanol–water partition coefficient (Wildman–Crippen LogP) is 4.23. The van der Waals surface area contributed by atoms with Crippen molar-refractivity contribution in [2.75, 3.05) is 41.4 Å². The number of nitrogens with zero attached hydrogens (tertiary/aromatic N) is 3. The molecule has 0 spiro atoms. The van der Waals surface area contributed by atoms with Crippen molar-refractivity contribution < 1.29 is 38.6 Å². The second kappa shape index (κ2) is 24.1. The number of aliphatic carboxylic acids is 1. The fourth-order valence-electron chi connectivity index (χ4n) is 8.21. The molecule has 1 saturated heterocycles. The minimum Gasteiger partial charge on any atom is -0.480 e. The molecule has 0 aliphatic carbocycles. The lowest BCUT2D eigenvalue weighted by Crippen LogP contribution is -2.60. The summed E-state index contributed by atoms with van der Waals surface area (Å²) in [5.74, 6) is -0.702. The Morgan fingerprint density at radius 1 is 0.965 bits per heavy atom. The Labute approximate surface area is 342 Å². The maximum absolute atomic E-state index is 14.4. The van der Waals surface area contributed by atoms with Gasteiger partial charge in [-0.15, -0.1) is 12.3 Å². The fraction of sp³-hybridized carbons (Fsp3) is 0.705. The van der Waals surface area contributed by atoms with Gasteiger partial charge in [-0.2, -0.15) is 0 Å². The van der Waals surface area contributed by atoms with Gasteiger partial charge in [-0.3, -0.25) is 24.1 Å². The van der Waals surface area contributed by atoms with Crippen molar-refractivity contribution in [3.8, 4) is 12.3 Å². The summed E-state index contributed by atoms with van der Waals surface area (Å²) in [5.41, 5.74) is 0.782. The summed E-state index contributed by atoms with van der Waals surface area (Å²) >= 11 is 0. The number of unbranched alkanes of at least 4 members (excludes halogenated alkanes) is 1. The summed E-state index contributed by atoms with van der Waals surface area (Å²) in [6.07, 6.45) is 7.56. The van der Waals surface area contributed by atoms with E-state index in [2.05, 4.69) is 16.6 Å². The number of likely N-dealkylation sites (N-methyl/N-ethyl adjacent to an activating group) is 2. The van der Waals surface area contributed by atoms with Crippen LogP contribution < -0.4 is 10.6 Å². The number of rotatable bonds is 24. The third kappa shape index (κ3) is 13.8. The zero-order chi connectivity index (χ0) is 43.0. The van der Waals surface area contributed by atoms with Crippen molar-refractivity contribution in [3.05, 3.63) is 35.9 Å². The van der Waals surface area contributed by atoms with Gasteiger partial charge in [-0.25, -0.2) is 4.79 Å². The molecule has 1 heterocycles. The summed E-state index contributed by atoms with van der Waals surface area (Å²) in [4.78, 5) is 73.4. The number of nitrogens with one attached hydrogen (secondary N) is 2. The van der Waals surface area contributed by atoms with Crippen LogP contribution in [0.3, 0.4) is 0 Å². The predicted molar refractivity (Wildman–Crippen MR) is 222 cm³/mol. The van der Waals surface area contributed by atoms with Crippen LogP contribution in [0, 0.1) is 36.0 Å². The van der Waals surface area contributed by atoms with E-state index in [9.17, 15) is 29.1 Å². The summed E-state index contributed by atoms with van der Waals surface area (Å²) in [6, 6.07) is 5.77. The second-order valence-corrected chi connectivity index (χ2v) is 16.4. The Bertz CT molecular complexity index is 1480. The van der Waals surface area contributed by atoms with Crippen molar-refractivity contribution in [1.29, 1.82) is 0 Å². The molecule has 1 aliphatic heterocycles. The molecule has 9 atom stereocenters. The average molecular weight is 798 g/mol. The molecule has 0 saturated carbocycles. The van der Waals surface area contributed by atoms with Gasteiger partial charge in [0.15, 0.2) is 0 Å². The van der Waals surface area contributed by atoms with Crippen molar-refractivity contribution in [2.24, 2.45) is 23.7 Å². The topological polar surface area (TPSA) is 158 Å². The number of ether oxygens (including phenoxy) is 2. The lowest BCUT2D eigenvalue weighted by atomic mass is 9.89. The van der Waals surface area contributed by atoms with Crippen LogP contribution in [0.5, 0.6) is 0 Å². The molecule has 320 valence electrons. The quantitative estimate of drug-likeness (QED) is 0.103. The van der Waals surface area contributed by atoms with Crippen LogP contribution in [0.2, 0.25) is 0 Å². The van der Waals surface area contributed by atoms with E-state index in [1.54, 1.807) is 23.8 Å². The van der Waals surface area contributed by atoms with Gasteiger partial charge < -0.3 is 35.0 Å². The van der Waals surface area contributed by atoms with Crippen molar-refractivity contribution >= 4 is 29.6 Å². The van der Waals surface area contributed by atoms with E-state index >= 15 is 0 Å². The standard InChI is InChI=1S/C44H71N5O8/c1-13-15-19-24-47(9)38(29(5)6)42(52)46-37(28(3)4)43(53)48(10)39(30(7)14-2)35(56-11)27-36(50)49-25-20-23-34(49)40(57-12)31(8)41(51)45-33(44(54)55)26-32-21-17-16-18-22-32/h1,16-18,21-22,28-31,33-35,37-40H,14-15,19-20,23-27H2,2-12H3,(H,45,51)(H,46,52)(H,54,55). The first-order valence-electron chi connectivity index (χ1n) is 20.6. The number of carbonyl (C=O) groups excluding carboxylic acids is 4. The van der Waals surface area contributed by atoms with Crippen molar-refractivity contribution in [2.45, 2.75) is 136 Å². The highest BCUT2D eigenvalue weighted by Crippen LogP contribution is 2.30. The molecule has 9 unspecified atom stereocenters. The van der Waals surface area contributed by atoms with Crippen LogP contribution in [-0.2, 0) is 39.9 Å². The van der Waals surface area contributed by atoms with Crippen molar-refractivity contribution in [3.63, 3.8) is 0 Å². The molecule has 1 aromatic carbocycles. The first-order chi connectivity index (χ1) is 26.9. The summed E-state index contributed by atoms with van der Waals surface area (Å²) in [7, 11) is 6.65. The number of methoxy groups -OCH3 is 2. The zero-order valence-corrected chi connectivity index (χ0v) is 36.3. The molecule has 4 amide bonds. The average Bonchev–Trinajstić information content (AvgIpc) is 3.66. The van der Waals surface area contributed by atoms with Gasteiger partial charge in [0, 0.05) is 40.7 Å². The molecule has 57 heavy (non-hydrogen) atoms. The molecule has 0 bridgehead atoms. The normalized spacial score (nSPS) is 18.5. The largest absolute Gasteiger partial charge is 0.480 e. The Hall–Kier alpha value is -3.99. The maximum Gasteiger partial charge on any atom is 0.326 e. The number of carboxylic acids is 1. The number of hydrogen-bond donors (Lipinski definition) is 3. The van der Waals surface area contributed by atoms with E-state index in [0.29, 0.717) is 38.8 Å². The Morgan fingerprint density at radius 2 is 1.61 bits per heavy atom. The molecule has 1 aromatic rings. The SMILES string of the molecule is C#CCCCN(C)C(C(=O)NC(C(=O)N(C)C(C(C)CC)C(CC(=O)N1CCCC1C(OC)C(C)C(=O)NC(Cc1ccccc1)C(=O)O)OC)C(C)C)C(C)C. The van der Waals surface area contributed by atoms with Crippen LogP contribution in [0.25, 0.3) is 0 Å². The molecule has 0 radical (unpaired) electrons. The van der Waals surface area contributed by atoms with E-state index in [-0.39, 0.29) is 48.3 Å². The van der Waals surface area contributed by atoms with E-state index in [4.69, 9.17) is 15.9 Å². The van der Waals surface area contributed by atoms with E-state index in [1.807, 2.05) is 83.8 Å². The Kier molecular flexibility index (Phi) is 20.7. The Balaban J connectivity index is 2.28. The Morgan fingerprint density at radius 3 is 2.14 bits per heavy atom. The molecular formula is C44H71N5O8. The minimum absolute atomic E-state index is 0.0102. The van der Waals surface area contributed by atoms with Gasteiger partial charge in [-0.1, -0.05) is 85.2 Å². The van der Waals surface area contributed by atoms with Gasteiger partial charge in [0.25, 0.3) is 0 Å². The summed E-state index contributed by atoms with van der Waals surface area (Å²) in [6.45, 7) is 14.6. The number of amides is 4. The van der Waals surface area contributed by atoms with E-state index in [1.165, 1.54) is 14.2 Å². The van der Waals surface area contributed by atoms with Crippen molar-refractivity contribution in [1.82, 2.24) is 25.3 Å². The van der Waals surface area contributed by atoms with Crippen LogP contribution in [0.4, 0.5) is 0 Å². The summed E-state index contributed by atoms with van der Waals surface area (Å²) in [5, 5.41) is 15.7. The van der Waals surface area contributed by atoms with Crippen LogP contribution in [0.1, 0.15) is 92.6 Å². The van der Waals surface area contributed by atoms with Crippen LogP contribution in [0.15, 0.2) is 30.3 Å². The maximum atomic E-state index is 14.4. The van der Waals surface area contributed by atoms with Gasteiger partial charge in [0.1, 0.15) is 12.1 Å². The molecule has 13 heteroatoms. The van der Waals surface area contributed by atoms with Crippen LogP contribution >= 0.6 is 0 Å². The summed E-state index contributed by atoms with van der Waals surface area (Å²) < 4.78 is 11.9. The number of carbonyl (C=O) groups is 5. The lowest BCUT2D eigenvalue weighted by molar-refractivity contribution is -0.148. The molecule has 13 nitrogen and oxygen atoms in total. The third-order valence-corrected chi connectivity index (χ3v) is 11.6. The molecular weight excluding hydrogens is 727 g/mol. The first kappa shape index (κ1) is 49.2. The third-order valence-electron chi connectivity index (χ3n) is 11.6. The van der Waals surface area contributed by atoms with Gasteiger partial charge in [0.05, 0.1) is 42.7 Å². The van der Waals surface area contributed by atoms with E-state index < -0.39 is 60.2 Å². The van der Waals surface area contributed by atoms with Crippen LogP contribution in [-0.4, -0.2) is 133 Å². The molecule has 0 aromatic heterocycles. The molecule has 1 fully saturated rings. The molecule has 1 aliphatic rings. The number of likely N-dealkylation sites (tertiary alicyclic amines) is 1. The number of terminal acetylenes is 1. The zero-order valence-electron chi connectivity index (χ0n) is 36.3. The van der Waals surface area contributed by atoms with Gasteiger partial charge >= 0.3 is 5.97 Å². The molecule has 2 rings (SSSR count). The van der Waals surface area contributed by atoms with Gasteiger partial charge in [-0.05, 0) is 56.2 Å². The highest BCUT2D eigenvalue weighted by Gasteiger charge is 2.43. The fourth-order valence-corrected chi connectivity index (χ4v) is 8.21. The lowest BCUT2D eigenvalue weighted by Gasteiger charge is -2.41. The number of hydrogen-bond acceptors (Lipinski definition) is 8. The smallest absolute Gasteiger partial charge is 0.326 e. The highest BCUT2D eigenvalue weighted by atomic mass is 16.5. The first-order valence-corrected chi connectivity index (χ1v) is 20.6. The second-order valence-electron chi connectivity index (χ2n) is 16.4. The number of carboxylic acid groups (broad SMARTS) is 1. The highest BCUT2D eigenvalue weighted by molar-refractivity contribution is 5.90. The molecule has 3 N–H and O–H groups in total. The minimum atomic E-state index is -1.14.